The van der Waals surface area contributed by atoms with Crippen LogP contribution < -0.4 is 11.3 Å². The van der Waals surface area contributed by atoms with E-state index >= 15 is 0 Å². The van der Waals surface area contributed by atoms with Crippen LogP contribution in [-0.2, 0) is 6.54 Å². The second-order valence-corrected chi connectivity index (χ2v) is 3.85. The van der Waals surface area contributed by atoms with Gasteiger partial charge in [0.2, 0.25) is 0 Å². The predicted molar refractivity (Wildman–Crippen MR) is 68.8 cm³/mol. The van der Waals surface area contributed by atoms with Crippen LogP contribution in [0.15, 0.2) is 58.6 Å². The molecule has 0 spiro atoms. The van der Waals surface area contributed by atoms with Crippen molar-refractivity contribution in [1.29, 1.82) is 0 Å². The molecule has 92 valence electrons. The summed E-state index contributed by atoms with van der Waals surface area (Å²) < 4.78 is 1.59. The number of amidine groups is 1. The highest BCUT2D eigenvalue weighted by Gasteiger charge is 2.02. The summed E-state index contributed by atoms with van der Waals surface area (Å²) in [4.78, 5) is 11.6. The number of pyridine rings is 1. The minimum atomic E-state index is -0.0632. The van der Waals surface area contributed by atoms with Gasteiger partial charge in [-0.25, -0.2) is 0 Å². The molecule has 0 unspecified atom stereocenters. The molecule has 5 heteroatoms. The molecule has 3 N–H and O–H groups in total. The molecule has 0 bridgehead atoms. The Labute approximate surface area is 104 Å². The molecule has 2 rings (SSSR count). The quantitative estimate of drug-likeness (QED) is 0.365. The number of hydrogen-bond donors (Lipinski definition) is 2. The zero-order valence-electron chi connectivity index (χ0n) is 9.65. The van der Waals surface area contributed by atoms with E-state index in [9.17, 15) is 4.79 Å². The van der Waals surface area contributed by atoms with Gasteiger partial charge in [0.05, 0.1) is 6.54 Å². The van der Waals surface area contributed by atoms with Gasteiger partial charge in [-0.05, 0) is 17.7 Å². The van der Waals surface area contributed by atoms with Crippen LogP contribution in [0.2, 0.25) is 0 Å². The third-order valence-electron chi connectivity index (χ3n) is 2.58. The van der Waals surface area contributed by atoms with Crippen LogP contribution in [0.5, 0.6) is 0 Å². The van der Waals surface area contributed by atoms with Gasteiger partial charge in [-0.2, -0.15) is 0 Å². The van der Waals surface area contributed by atoms with Crippen LogP contribution >= 0.6 is 0 Å². The summed E-state index contributed by atoms with van der Waals surface area (Å²) in [6, 6.07) is 12.2. The number of aromatic nitrogens is 1. The summed E-state index contributed by atoms with van der Waals surface area (Å²) >= 11 is 0. The summed E-state index contributed by atoms with van der Waals surface area (Å²) in [6.45, 7) is 0.451. The molecule has 0 aliphatic carbocycles. The van der Waals surface area contributed by atoms with Crippen molar-refractivity contribution < 1.29 is 5.21 Å². The molecule has 18 heavy (non-hydrogen) atoms. The predicted octanol–water partition coefficient (Wildman–Crippen LogP) is 0.991. The van der Waals surface area contributed by atoms with Crippen LogP contribution in [0.1, 0.15) is 11.1 Å². The lowest BCUT2D eigenvalue weighted by Gasteiger charge is -2.06. The van der Waals surface area contributed by atoms with Gasteiger partial charge in [0, 0.05) is 17.8 Å². The molecule has 2 aromatic rings. The Morgan fingerprint density at radius 2 is 2.11 bits per heavy atom. The summed E-state index contributed by atoms with van der Waals surface area (Å²) in [5.74, 6) is 0.0530. The van der Waals surface area contributed by atoms with Gasteiger partial charge in [0.25, 0.3) is 5.56 Å². The van der Waals surface area contributed by atoms with Gasteiger partial charge in [-0.1, -0.05) is 29.4 Å². The molecule has 0 atom stereocenters. The highest BCUT2D eigenvalue weighted by molar-refractivity contribution is 5.97. The monoisotopic (exact) mass is 243 g/mol. The molecule has 0 radical (unpaired) electrons. The van der Waals surface area contributed by atoms with Crippen molar-refractivity contribution in [2.45, 2.75) is 6.54 Å². The highest BCUT2D eigenvalue weighted by atomic mass is 16.4. The van der Waals surface area contributed by atoms with Gasteiger partial charge in [-0.15, -0.1) is 0 Å². The molecule has 1 aromatic heterocycles. The summed E-state index contributed by atoms with van der Waals surface area (Å²) in [5, 5.41) is 11.6. The molecule has 0 aliphatic heterocycles. The van der Waals surface area contributed by atoms with Crippen molar-refractivity contribution in [3.05, 3.63) is 70.1 Å². The summed E-state index contributed by atoms with van der Waals surface area (Å²) in [7, 11) is 0. The van der Waals surface area contributed by atoms with E-state index in [1.54, 1.807) is 41.1 Å². The standard InChI is InChI=1S/C13H13N3O2/c14-13(15-18)11-5-3-4-10(8-11)9-16-7-2-1-6-12(16)17/h1-8,18H,9H2,(H2,14,15). The summed E-state index contributed by atoms with van der Waals surface area (Å²) in [5.41, 5.74) is 6.99. The van der Waals surface area contributed by atoms with Crippen LogP contribution in [0.3, 0.4) is 0 Å². The molecule has 1 heterocycles. The molecule has 0 amide bonds. The zero-order valence-corrected chi connectivity index (χ0v) is 9.65. The number of benzene rings is 1. The van der Waals surface area contributed by atoms with E-state index in [1.165, 1.54) is 6.07 Å². The Morgan fingerprint density at radius 1 is 1.28 bits per heavy atom. The van der Waals surface area contributed by atoms with Crippen LogP contribution in [-0.4, -0.2) is 15.6 Å². The van der Waals surface area contributed by atoms with Gasteiger partial charge in [-0.3, -0.25) is 4.79 Å². The average Bonchev–Trinajstić information content (AvgIpc) is 2.41. The normalized spacial score (nSPS) is 11.4. The second kappa shape index (κ2) is 5.18. The number of hydrogen-bond acceptors (Lipinski definition) is 3. The van der Waals surface area contributed by atoms with Gasteiger partial charge >= 0.3 is 0 Å². The lowest BCUT2D eigenvalue weighted by molar-refractivity contribution is 0.318. The lowest BCUT2D eigenvalue weighted by Crippen LogP contribution is -2.19. The van der Waals surface area contributed by atoms with Crippen molar-refractivity contribution in [2.24, 2.45) is 10.9 Å². The van der Waals surface area contributed by atoms with E-state index in [2.05, 4.69) is 5.16 Å². The van der Waals surface area contributed by atoms with Crippen LogP contribution in [0, 0.1) is 0 Å². The Bertz CT molecular complexity index is 632. The van der Waals surface area contributed by atoms with Crippen LogP contribution in [0.25, 0.3) is 0 Å². The Morgan fingerprint density at radius 3 is 2.83 bits per heavy atom. The first kappa shape index (κ1) is 11.9. The maximum Gasteiger partial charge on any atom is 0.250 e. The fourth-order valence-electron chi connectivity index (χ4n) is 1.67. The SMILES string of the molecule is NC(=NO)c1cccc(Cn2ccccc2=O)c1. The van der Waals surface area contributed by atoms with Crippen molar-refractivity contribution in [1.82, 2.24) is 4.57 Å². The fraction of sp³-hybridized carbons (Fsp3) is 0.0769. The highest BCUT2D eigenvalue weighted by Crippen LogP contribution is 2.06. The van der Waals surface area contributed by atoms with Gasteiger partial charge in [0.1, 0.15) is 0 Å². The van der Waals surface area contributed by atoms with Crippen LogP contribution in [0.4, 0.5) is 0 Å². The van der Waals surface area contributed by atoms with E-state index in [0.717, 1.165) is 5.56 Å². The van der Waals surface area contributed by atoms with Gasteiger partial charge < -0.3 is 15.5 Å². The first-order chi connectivity index (χ1) is 8.70. The maximum absolute atomic E-state index is 11.6. The Kier molecular flexibility index (Phi) is 3.43. The minimum absolute atomic E-state index is 0.0530. The summed E-state index contributed by atoms with van der Waals surface area (Å²) in [6.07, 6.45) is 1.72. The van der Waals surface area contributed by atoms with E-state index in [1.807, 2.05) is 6.07 Å². The largest absolute Gasteiger partial charge is 0.409 e. The van der Waals surface area contributed by atoms with E-state index < -0.39 is 0 Å². The van der Waals surface area contributed by atoms with E-state index in [4.69, 9.17) is 10.9 Å². The molecular weight excluding hydrogens is 230 g/mol. The van der Waals surface area contributed by atoms with Gasteiger partial charge in [0.15, 0.2) is 5.84 Å². The van der Waals surface area contributed by atoms with Crippen molar-refractivity contribution in [3.63, 3.8) is 0 Å². The van der Waals surface area contributed by atoms with Crippen molar-refractivity contribution >= 4 is 5.84 Å². The topological polar surface area (TPSA) is 80.6 Å². The van der Waals surface area contributed by atoms with E-state index in [0.29, 0.717) is 12.1 Å². The number of oxime groups is 1. The Hall–Kier alpha value is -2.56. The molecule has 0 aliphatic rings. The molecule has 0 saturated heterocycles. The zero-order chi connectivity index (χ0) is 13.0. The minimum Gasteiger partial charge on any atom is -0.409 e. The smallest absolute Gasteiger partial charge is 0.250 e. The molecule has 1 aromatic carbocycles. The number of nitrogens with zero attached hydrogens (tertiary/aromatic N) is 2. The first-order valence-corrected chi connectivity index (χ1v) is 5.43. The second-order valence-electron chi connectivity index (χ2n) is 3.85. The molecular formula is C13H13N3O2. The lowest BCUT2D eigenvalue weighted by atomic mass is 10.1. The first-order valence-electron chi connectivity index (χ1n) is 5.43. The Balaban J connectivity index is 2.31. The number of rotatable bonds is 3. The maximum atomic E-state index is 11.6. The van der Waals surface area contributed by atoms with Crippen molar-refractivity contribution in [3.8, 4) is 0 Å². The third-order valence-corrected chi connectivity index (χ3v) is 2.58. The van der Waals surface area contributed by atoms with Crippen molar-refractivity contribution in [2.75, 3.05) is 0 Å². The van der Waals surface area contributed by atoms with E-state index in [-0.39, 0.29) is 11.4 Å². The average molecular weight is 243 g/mol. The number of nitrogens with two attached hydrogens (primary N) is 1. The molecule has 0 fully saturated rings. The third kappa shape index (κ3) is 2.57. The fourth-order valence-corrected chi connectivity index (χ4v) is 1.67. The molecule has 0 saturated carbocycles. The molecule has 5 nitrogen and oxygen atoms in total.